The summed E-state index contributed by atoms with van der Waals surface area (Å²) in [7, 11) is 1.34. The summed E-state index contributed by atoms with van der Waals surface area (Å²) in [6, 6.07) is -1.09. The van der Waals surface area contributed by atoms with Gasteiger partial charge in [0.2, 0.25) is 11.9 Å². The summed E-state index contributed by atoms with van der Waals surface area (Å²) >= 11 is 0. The van der Waals surface area contributed by atoms with E-state index in [1.807, 2.05) is 0 Å². The highest BCUT2D eigenvalue weighted by atomic mass is 19.4. The lowest BCUT2D eigenvalue weighted by molar-refractivity contribution is -0.301. The van der Waals surface area contributed by atoms with Crippen molar-refractivity contribution in [1.29, 1.82) is 0 Å². The van der Waals surface area contributed by atoms with E-state index in [1.165, 1.54) is 7.05 Å². The minimum Gasteiger partial charge on any atom is -0.440 e. The van der Waals surface area contributed by atoms with Gasteiger partial charge in [-0.3, -0.25) is 0 Å². The fraction of sp³-hybridized carbons (Fsp3) is 0.700. The van der Waals surface area contributed by atoms with Crippen LogP contribution in [0.1, 0.15) is 13.3 Å². The molecule has 126 valence electrons. The smallest absolute Gasteiger partial charge is 0.434 e. The molecule has 22 heavy (non-hydrogen) atoms. The standard InChI is InChI=1S/C10H13F6N5O/c1-3-4-18-7-19-6(17-2)20-8(21-7)22-5(9(11,12)13)10(14,15)16/h5H,3-4H2,1-2H3,(H2,17,18,19,20,21). The van der Waals surface area contributed by atoms with Gasteiger partial charge in [0.1, 0.15) is 0 Å². The number of rotatable bonds is 6. The molecule has 1 rings (SSSR count). The molecule has 0 saturated carbocycles. The van der Waals surface area contributed by atoms with Gasteiger partial charge >= 0.3 is 18.4 Å². The first kappa shape index (κ1) is 18.0. The van der Waals surface area contributed by atoms with E-state index in [-0.39, 0.29) is 11.9 Å². The largest absolute Gasteiger partial charge is 0.440 e. The van der Waals surface area contributed by atoms with Crippen LogP contribution in [0.15, 0.2) is 0 Å². The van der Waals surface area contributed by atoms with Crippen molar-refractivity contribution in [3.8, 4) is 6.01 Å². The lowest BCUT2D eigenvalue weighted by Crippen LogP contribution is -2.47. The van der Waals surface area contributed by atoms with Crippen molar-refractivity contribution in [2.24, 2.45) is 0 Å². The van der Waals surface area contributed by atoms with Crippen LogP contribution in [0.25, 0.3) is 0 Å². The summed E-state index contributed by atoms with van der Waals surface area (Å²) in [6.07, 6.45) is -14.7. The number of alkyl halides is 6. The van der Waals surface area contributed by atoms with Gasteiger partial charge in [-0.05, 0) is 6.42 Å². The number of nitrogens with one attached hydrogen (secondary N) is 2. The Labute approximate surface area is 121 Å². The Morgan fingerprint density at radius 1 is 1.00 bits per heavy atom. The monoisotopic (exact) mass is 333 g/mol. The highest BCUT2D eigenvalue weighted by molar-refractivity contribution is 5.35. The zero-order valence-corrected chi connectivity index (χ0v) is 11.5. The molecule has 0 unspecified atom stereocenters. The quantitative estimate of drug-likeness (QED) is 0.780. The molecule has 0 radical (unpaired) electrons. The van der Waals surface area contributed by atoms with Gasteiger partial charge in [0, 0.05) is 13.6 Å². The fourth-order valence-electron chi connectivity index (χ4n) is 1.26. The Kier molecular flexibility index (Phi) is 5.60. The number of nitrogens with zero attached hydrogens (tertiary/aromatic N) is 3. The van der Waals surface area contributed by atoms with Crippen LogP contribution in [-0.2, 0) is 0 Å². The summed E-state index contributed by atoms with van der Waals surface area (Å²) in [6.45, 7) is 2.17. The maximum absolute atomic E-state index is 12.4. The molecule has 1 heterocycles. The summed E-state index contributed by atoms with van der Waals surface area (Å²) in [5, 5.41) is 5.01. The highest BCUT2D eigenvalue weighted by Crippen LogP contribution is 2.35. The van der Waals surface area contributed by atoms with Crippen LogP contribution in [0.4, 0.5) is 38.2 Å². The van der Waals surface area contributed by atoms with E-state index in [0.717, 1.165) is 0 Å². The van der Waals surface area contributed by atoms with Gasteiger partial charge in [0.05, 0.1) is 0 Å². The molecule has 12 heteroatoms. The van der Waals surface area contributed by atoms with Crippen LogP contribution in [0, 0.1) is 0 Å². The van der Waals surface area contributed by atoms with E-state index in [9.17, 15) is 26.3 Å². The molecule has 0 bridgehead atoms. The van der Waals surface area contributed by atoms with Gasteiger partial charge in [-0.1, -0.05) is 6.92 Å². The Hall–Kier alpha value is -2.01. The molecule has 0 amide bonds. The van der Waals surface area contributed by atoms with E-state index in [4.69, 9.17) is 0 Å². The first-order valence-electron chi connectivity index (χ1n) is 6.05. The lowest BCUT2D eigenvalue weighted by Gasteiger charge is -2.22. The normalized spacial score (nSPS) is 12.4. The molecular formula is C10H13F6N5O. The third-order valence-electron chi connectivity index (χ3n) is 2.19. The molecule has 1 aromatic rings. The predicted octanol–water partition coefficient (Wildman–Crippen LogP) is 2.61. The molecule has 0 fully saturated rings. The van der Waals surface area contributed by atoms with Gasteiger partial charge < -0.3 is 15.4 Å². The van der Waals surface area contributed by atoms with Gasteiger partial charge in [0.15, 0.2) is 0 Å². The maximum Gasteiger partial charge on any atom is 0.434 e. The van der Waals surface area contributed by atoms with E-state index in [1.54, 1.807) is 6.92 Å². The fourth-order valence-corrected chi connectivity index (χ4v) is 1.26. The summed E-state index contributed by atoms with van der Waals surface area (Å²) < 4.78 is 78.6. The molecular weight excluding hydrogens is 320 g/mol. The molecule has 6 nitrogen and oxygen atoms in total. The van der Waals surface area contributed by atoms with E-state index in [0.29, 0.717) is 13.0 Å². The minimum atomic E-state index is -5.65. The Morgan fingerprint density at radius 3 is 2.00 bits per heavy atom. The Bertz CT molecular complexity index is 478. The number of aromatic nitrogens is 3. The Balaban J connectivity index is 3.08. The average Bonchev–Trinajstić information content (AvgIpc) is 2.39. The second-order valence-electron chi connectivity index (χ2n) is 4.02. The van der Waals surface area contributed by atoms with Crippen molar-refractivity contribution in [2.75, 3.05) is 24.2 Å². The number of anilines is 2. The van der Waals surface area contributed by atoms with Crippen LogP contribution in [-0.4, -0.2) is 47.0 Å². The third-order valence-corrected chi connectivity index (χ3v) is 2.19. The topological polar surface area (TPSA) is 72.0 Å². The molecule has 0 saturated heterocycles. The van der Waals surface area contributed by atoms with Gasteiger partial charge in [0.25, 0.3) is 6.10 Å². The van der Waals surface area contributed by atoms with Crippen molar-refractivity contribution >= 4 is 11.9 Å². The zero-order chi connectivity index (χ0) is 17.0. The zero-order valence-electron chi connectivity index (χ0n) is 11.5. The van der Waals surface area contributed by atoms with Crippen molar-refractivity contribution in [1.82, 2.24) is 15.0 Å². The average molecular weight is 333 g/mol. The number of halogens is 6. The first-order valence-corrected chi connectivity index (χ1v) is 6.05. The van der Waals surface area contributed by atoms with Crippen LogP contribution >= 0.6 is 0 Å². The van der Waals surface area contributed by atoms with Gasteiger partial charge in [-0.15, -0.1) is 0 Å². The van der Waals surface area contributed by atoms with Gasteiger partial charge in [-0.2, -0.15) is 41.3 Å². The summed E-state index contributed by atoms with van der Waals surface area (Å²) in [4.78, 5) is 10.5. The summed E-state index contributed by atoms with van der Waals surface area (Å²) in [5.74, 6) is -0.425. The molecule has 1 aromatic heterocycles. The lowest BCUT2D eigenvalue weighted by atomic mass is 10.3. The second kappa shape index (κ2) is 6.83. The number of hydrogen-bond acceptors (Lipinski definition) is 6. The SMILES string of the molecule is CCCNc1nc(NC)nc(OC(C(F)(F)F)C(F)(F)F)n1. The minimum absolute atomic E-state index is 0.195. The van der Waals surface area contributed by atoms with Gasteiger partial charge in [-0.25, -0.2) is 0 Å². The summed E-state index contributed by atoms with van der Waals surface area (Å²) in [5.41, 5.74) is 0. The number of ether oxygens (including phenoxy) is 1. The second-order valence-corrected chi connectivity index (χ2v) is 4.02. The van der Waals surface area contributed by atoms with Crippen LogP contribution in [0.2, 0.25) is 0 Å². The van der Waals surface area contributed by atoms with E-state index < -0.39 is 24.5 Å². The molecule has 0 atom stereocenters. The van der Waals surface area contributed by atoms with Crippen molar-refractivity contribution in [3.05, 3.63) is 0 Å². The van der Waals surface area contributed by atoms with Crippen molar-refractivity contribution in [2.45, 2.75) is 31.8 Å². The molecule has 0 spiro atoms. The van der Waals surface area contributed by atoms with E-state index >= 15 is 0 Å². The van der Waals surface area contributed by atoms with Crippen molar-refractivity contribution in [3.63, 3.8) is 0 Å². The van der Waals surface area contributed by atoms with E-state index in [2.05, 4.69) is 30.3 Å². The molecule has 0 aliphatic carbocycles. The maximum atomic E-state index is 12.4. The van der Waals surface area contributed by atoms with Crippen molar-refractivity contribution < 1.29 is 31.1 Å². The highest BCUT2D eigenvalue weighted by Gasteiger charge is 2.59. The molecule has 0 aliphatic heterocycles. The van der Waals surface area contributed by atoms with Crippen LogP contribution < -0.4 is 15.4 Å². The van der Waals surface area contributed by atoms with Crippen LogP contribution in [0.3, 0.4) is 0 Å². The van der Waals surface area contributed by atoms with Crippen LogP contribution in [0.5, 0.6) is 6.01 Å². The third kappa shape index (κ3) is 5.07. The Morgan fingerprint density at radius 2 is 1.55 bits per heavy atom. The number of hydrogen-bond donors (Lipinski definition) is 2. The molecule has 0 aliphatic rings. The predicted molar refractivity (Wildman–Crippen MR) is 64.7 cm³/mol. The molecule has 0 aromatic carbocycles. The first-order chi connectivity index (χ1) is 10.1. The molecule has 2 N–H and O–H groups in total.